The first-order valence-electron chi connectivity index (χ1n) is 6.79. The highest BCUT2D eigenvalue weighted by Gasteiger charge is 2.44. The van der Waals surface area contributed by atoms with Gasteiger partial charge in [-0.25, -0.2) is 4.98 Å². The first kappa shape index (κ1) is 12.6. The van der Waals surface area contributed by atoms with Gasteiger partial charge in [0.1, 0.15) is 12.2 Å². The average molecular weight is 236 g/mol. The molecule has 0 bridgehead atoms. The van der Waals surface area contributed by atoms with Gasteiger partial charge < -0.3 is 5.32 Å². The molecule has 1 aromatic heterocycles. The van der Waals surface area contributed by atoms with Crippen LogP contribution in [0.15, 0.2) is 6.33 Å². The fraction of sp³-hybridized carbons (Fsp3) is 0.846. The molecule has 1 aromatic rings. The number of aryl methyl sites for hydroxylation is 1. The molecule has 0 spiro atoms. The zero-order chi connectivity index (χ0) is 12.3. The van der Waals surface area contributed by atoms with Crippen LogP contribution in [0.1, 0.15) is 45.9 Å². The van der Waals surface area contributed by atoms with Crippen LogP contribution in [-0.4, -0.2) is 27.4 Å². The van der Waals surface area contributed by atoms with Crippen LogP contribution < -0.4 is 5.32 Å². The quantitative estimate of drug-likeness (QED) is 0.787. The molecule has 4 heteroatoms. The second kappa shape index (κ2) is 5.17. The maximum atomic E-state index is 4.39. The average Bonchev–Trinajstić information content (AvgIpc) is 2.93. The number of aromatic nitrogens is 3. The summed E-state index contributed by atoms with van der Waals surface area (Å²) < 4.78 is 2.01. The van der Waals surface area contributed by atoms with E-state index in [0.717, 1.165) is 25.3 Å². The Bertz CT molecular complexity index is 354. The van der Waals surface area contributed by atoms with E-state index in [9.17, 15) is 0 Å². The Morgan fingerprint density at radius 1 is 1.47 bits per heavy atom. The molecule has 1 aliphatic carbocycles. The molecule has 1 unspecified atom stereocenters. The van der Waals surface area contributed by atoms with Crippen LogP contribution in [0, 0.1) is 5.41 Å². The lowest BCUT2D eigenvalue weighted by molar-refractivity contribution is 0.344. The molecule has 0 aliphatic heterocycles. The summed E-state index contributed by atoms with van der Waals surface area (Å²) >= 11 is 0. The lowest BCUT2D eigenvalue weighted by Crippen LogP contribution is -2.39. The van der Waals surface area contributed by atoms with E-state index in [1.165, 1.54) is 19.3 Å². The molecule has 1 saturated carbocycles. The molecule has 0 aromatic carbocycles. The van der Waals surface area contributed by atoms with Crippen LogP contribution in [0.25, 0.3) is 0 Å². The van der Waals surface area contributed by atoms with Crippen LogP contribution in [0.5, 0.6) is 0 Å². The van der Waals surface area contributed by atoms with E-state index in [-0.39, 0.29) is 0 Å². The van der Waals surface area contributed by atoms with E-state index >= 15 is 0 Å². The van der Waals surface area contributed by atoms with Crippen LogP contribution in [0.4, 0.5) is 0 Å². The summed E-state index contributed by atoms with van der Waals surface area (Å²) in [6.07, 6.45) is 6.55. The largest absolute Gasteiger partial charge is 0.313 e. The van der Waals surface area contributed by atoms with E-state index in [4.69, 9.17) is 0 Å². The minimum absolute atomic E-state index is 0.486. The maximum absolute atomic E-state index is 4.39. The molecule has 1 atom stereocenters. The Kier molecular flexibility index (Phi) is 3.82. The summed E-state index contributed by atoms with van der Waals surface area (Å²) in [4.78, 5) is 4.39. The van der Waals surface area contributed by atoms with Gasteiger partial charge in [-0.3, -0.25) is 4.68 Å². The summed E-state index contributed by atoms with van der Waals surface area (Å²) in [7, 11) is 0. The third-order valence-corrected chi connectivity index (χ3v) is 3.90. The highest BCUT2D eigenvalue weighted by molar-refractivity contribution is 5.03. The van der Waals surface area contributed by atoms with Gasteiger partial charge in [0.25, 0.3) is 0 Å². The van der Waals surface area contributed by atoms with Crippen LogP contribution in [0.2, 0.25) is 0 Å². The van der Waals surface area contributed by atoms with Crippen molar-refractivity contribution < 1.29 is 0 Å². The van der Waals surface area contributed by atoms with E-state index in [1.54, 1.807) is 6.33 Å². The summed E-state index contributed by atoms with van der Waals surface area (Å²) in [5, 5.41) is 7.93. The van der Waals surface area contributed by atoms with Gasteiger partial charge in [0.05, 0.1) is 0 Å². The molecular weight excluding hydrogens is 212 g/mol. The van der Waals surface area contributed by atoms with Gasteiger partial charge in [0.2, 0.25) is 0 Å². The van der Waals surface area contributed by atoms with Crippen molar-refractivity contribution >= 4 is 0 Å². The summed E-state index contributed by atoms with van der Waals surface area (Å²) in [5.74, 6) is 1.12. The lowest BCUT2D eigenvalue weighted by atomic mass is 9.95. The first-order chi connectivity index (χ1) is 8.19. The molecule has 17 heavy (non-hydrogen) atoms. The molecule has 1 aliphatic rings. The van der Waals surface area contributed by atoms with E-state index in [2.05, 4.69) is 36.2 Å². The van der Waals surface area contributed by atoms with Crippen molar-refractivity contribution in [1.82, 2.24) is 20.1 Å². The zero-order valence-corrected chi connectivity index (χ0v) is 11.2. The van der Waals surface area contributed by atoms with Crippen molar-refractivity contribution in [1.29, 1.82) is 0 Å². The Balaban J connectivity index is 2.02. The summed E-state index contributed by atoms with van der Waals surface area (Å²) in [6.45, 7) is 8.72. The van der Waals surface area contributed by atoms with Crippen LogP contribution >= 0.6 is 0 Å². The van der Waals surface area contributed by atoms with Crippen molar-refractivity contribution in [3.63, 3.8) is 0 Å². The Hall–Kier alpha value is -0.900. The molecule has 2 rings (SSSR count). The topological polar surface area (TPSA) is 42.7 Å². The predicted molar refractivity (Wildman–Crippen MR) is 68.8 cm³/mol. The molecule has 0 saturated heterocycles. The number of hydrogen-bond acceptors (Lipinski definition) is 3. The van der Waals surface area contributed by atoms with E-state index in [1.807, 2.05) is 4.68 Å². The van der Waals surface area contributed by atoms with Gasteiger partial charge in [0, 0.05) is 19.0 Å². The van der Waals surface area contributed by atoms with Gasteiger partial charge in [-0.1, -0.05) is 13.8 Å². The molecule has 1 N–H and O–H groups in total. The highest BCUT2D eigenvalue weighted by atomic mass is 15.3. The normalized spacial score (nSPS) is 19.2. The Labute approximate surface area is 104 Å². The van der Waals surface area contributed by atoms with Crippen molar-refractivity contribution in [2.45, 2.75) is 59.0 Å². The van der Waals surface area contributed by atoms with E-state index < -0.39 is 0 Å². The van der Waals surface area contributed by atoms with Crippen molar-refractivity contribution in [3.05, 3.63) is 12.2 Å². The number of nitrogens with one attached hydrogen (secondary N) is 1. The monoisotopic (exact) mass is 236 g/mol. The molecule has 1 heterocycles. The first-order valence-corrected chi connectivity index (χ1v) is 6.79. The predicted octanol–water partition coefficient (Wildman–Crippen LogP) is 2.01. The second-order valence-electron chi connectivity index (χ2n) is 5.36. The minimum Gasteiger partial charge on any atom is -0.313 e. The minimum atomic E-state index is 0.486. The fourth-order valence-corrected chi connectivity index (χ4v) is 2.32. The summed E-state index contributed by atoms with van der Waals surface area (Å²) in [5.41, 5.74) is 0.486. The molecule has 1 fully saturated rings. The molecular formula is C13H24N4. The second-order valence-corrected chi connectivity index (χ2v) is 5.36. The maximum Gasteiger partial charge on any atom is 0.138 e. The third-order valence-electron chi connectivity index (χ3n) is 3.90. The highest BCUT2D eigenvalue weighted by Crippen LogP contribution is 2.48. The van der Waals surface area contributed by atoms with Gasteiger partial charge in [0.15, 0.2) is 0 Å². The van der Waals surface area contributed by atoms with Gasteiger partial charge in [-0.15, -0.1) is 0 Å². The third kappa shape index (κ3) is 2.86. The number of hydrogen-bond donors (Lipinski definition) is 1. The van der Waals surface area contributed by atoms with E-state index in [0.29, 0.717) is 11.5 Å². The molecule has 0 radical (unpaired) electrons. The van der Waals surface area contributed by atoms with Gasteiger partial charge in [-0.05, 0) is 38.1 Å². The SMILES string of the molecule is CCCNC(Cc1ncnn1CC)C1(C)CC1. The van der Waals surface area contributed by atoms with Crippen molar-refractivity contribution in [2.75, 3.05) is 6.54 Å². The Morgan fingerprint density at radius 2 is 2.24 bits per heavy atom. The van der Waals surface area contributed by atoms with Gasteiger partial charge in [-0.2, -0.15) is 5.10 Å². The van der Waals surface area contributed by atoms with Gasteiger partial charge >= 0.3 is 0 Å². The Morgan fingerprint density at radius 3 is 2.82 bits per heavy atom. The lowest BCUT2D eigenvalue weighted by Gasteiger charge is -2.24. The standard InChI is InChI=1S/C13H24N4/c1-4-8-14-11(13(3)6-7-13)9-12-15-10-16-17(12)5-2/h10-11,14H,4-9H2,1-3H3. The zero-order valence-electron chi connectivity index (χ0n) is 11.2. The molecule has 96 valence electrons. The fourth-order valence-electron chi connectivity index (χ4n) is 2.32. The van der Waals surface area contributed by atoms with Crippen molar-refractivity contribution in [3.8, 4) is 0 Å². The molecule has 0 amide bonds. The van der Waals surface area contributed by atoms with Crippen LogP contribution in [-0.2, 0) is 13.0 Å². The smallest absolute Gasteiger partial charge is 0.138 e. The van der Waals surface area contributed by atoms with Crippen LogP contribution in [0.3, 0.4) is 0 Å². The molecule has 4 nitrogen and oxygen atoms in total. The number of nitrogens with zero attached hydrogens (tertiary/aromatic N) is 3. The van der Waals surface area contributed by atoms with Crippen molar-refractivity contribution in [2.24, 2.45) is 5.41 Å². The summed E-state index contributed by atoms with van der Waals surface area (Å²) in [6, 6.07) is 0.553. The number of rotatable bonds is 7.